The largest absolute Gasteiger partial charge is 0.469 e. The first-order chi connectivity index (χ1) is 14.6. The van der Waals surface area contributed by atoms with Gasteiger partial charge < -0.3 is 10.1 Å². The van der Waals surface area contributed by atoms with Crippen LogP contribution in [-0.4, -0.2) is 43.2 Å². The number of aryl methyl sites for hydroxylation is 1. The van der Waals surface area contributed by atoms with E-state index in [0.717, 1.165) is 29.8 Å². The molecule has 1 atom stereocenters. The lowest BCUT2D eigenvalue weighted by molar-refractivity contribution is -0.141. The minimum absolute atomic E-state index is 0.0341. The van der Waals surface area contributed by atoms with Gasteiger partial charge in [-0.15, -0.1) is 0 Å². The Hall–Kier alpha value is -2.72. The van der Waals surface area contributed by atoms with Crippen molar-refractivity contribution in [2.75, 3.05) is 7.11 Å². The number of nitrogens with zero attached hydrogens (tertiary/aromatic N) is 2. The van der Waals surface area contributed by atoms with Crippen LogP contribution >= 0.6 is 0 Å². The first-order valence-electron chi connectivity index (χ1n) is 10.1. The number of amides is 1. The zero-order valence-electron chi connectivity index (χ0n) is 17.9. The van der Waals surface area contributed by atoms with Crippen molar-refractivity contribution in [3.63, 3.8) is 0 Å². The van der Waals surface area contributed by atoms with Gasteiger partial charge in [-0.2, -0.15) is 5.10 Å². The average Bonchev–Trinajstić information content (AvgIpc) is 3.52. The van der Waals surface area contributed by atoms with Crippen molar-refractivity contribution in [3.05, 3.63) is 41.2 Å². The Labute approximate surface area is 182 Å². The fraction of sp³-hybridized carbons (Fsp3) is 0.476. The van der Waals surface area contributed by atoms with E-state index < -0.39 is 10.0 Å². The van der Waals surface area contributed by atoms with Crippen molar-refractivity contribution in [2.45, 2.75) is 56.9 Å². The number of methoxy groups -OCH3 is 1. The number of carbonyl (C=O) groups is 2. The molecule has 0 aliphatic heterocycles. The topological polar surface area (TPSA) is 133 Å². The molecule has 168 valence electrons. The highest BCUT2D eigenvalue weighted by Gasteiger charge is 2.34. The van der Waals surface area contributed by atoms with Crippen molar-refractivity contribution < 1.29 is 22.7 Å². The van der Waals surface area contributed by atoms with Crippen LogP contribution in [0.1, 0.15) is 42.6 Å². The fourth-order valence-corrected chi connectivity index (χ4v) is 4.20. The third-order valence-corrected chi connectivity index (χ3v) is 6.53. The summed E-state index contributed by atoms with van der Waals surface area (Å²) in [6.45, 7) is 3.78. The van der Waals surface area contributed by atoms with Gasteiger partial charge in [0.15, 0.2) is 0 Å². The second-order valence-electron chi connectivity index (χ2n) is 7.89. The smallest absolute Gasteiger partial charge is 0.307 e. The van der Waals surface area contributed by atoms with E-state index in [1.807, 2.05) is 13.8 Å². The van der Waals surface area contributed by atoms with Gasteiger partial charge in [-0.3, -0.25) is 9.59 Å². The van der Waals surface area contributed by atoms with Crippen molar-refractivity contribution in [2.24, 2.45) is 11.1 Å². The Morgan fingerprint density at radius 1 is 1.26 bits per heavy atom. The Kier molecular flexibility index (Phi) is 6.80. The molecule has 1 heterocycles. The minimum Gasteiger partial charge on any atom is -0.469 e. The number of rotatable bonds is 9. The standard InChI is InChI=1S/C21H28N4O5S/c1-13-18(10-11-20(26)23-19(15-4-5-15)12-21(27)30-3)14(2)25(24-13)16-6-8-17(9-7-16)31(22,28)29/h6-9,15,19H,4-5,10-12H2,1-3H3,(H,23,26)(H2,22,28,29). The van der Waals surface area contributed by atoms with E-state index in [4.69, 9.17) is 9.88 Å². The number of esters is 1. The summed E-state index contributed by atoms with van der Waals surface area (Å²) in [6, 6.07) is 5.98. The molecule has 0 radical (unpaired) electrons. The van der Waals surface area contributed by atoms with Crippen LogP contribution in [0, 0.1) is 19.8 Å². The molecule has 2 aromatic rings. The van der Waals surface area contributed by atoms with Gasteiger partial charge in [-0.25, -0.2) is 18.2 Å². The third-order valence-electron chi connectivity index (χ3n) is 5.60. The van der Waals surface area contributed by atoms with Gasteiger partial charge in [-0.05, 0) is 68.9 Å². The molecular formula is C21H28N4O5S. The summed E-state index contributed by atoms with van der Waals surface area (Å²) < 4.78 is 29.3. The molecule has 1 amide bonds. The molecule has 3 rings (SSSR count). The van der Waals surface area contributed by atoms with Crippen molar-refractivity contribution in [1.82, 2.24) is 15.1 Å². The van der Waals surface area contributed by atoms with Crippen LogP contribution < -0.4 is 10.5 Å². The molecule has 1 aromatic heterocycles. The molecule has 3 N–H and O–H groups in total. The molecule has 0 saturated heterocycles. The van der Waals surface area contributed by atoms with E-state index in [1.54, 1.807) is 16.8 Å². The zero-order chi connectivity index (χ0) is 22.8. The molecule has 9 nitrogen and oxygen atoms in total. The molecule has 10 heteroatoms. The summed E-state index contributed by atoms with van der Waals surface area (Å²) in [5.41, 5.74) is 3.34. The highest BCUT2D eigenvalue weighted by Crippen LogP contribution is 2.34. The number of carbonyl (C=O) groups excluding carboxylic acids is 2. The van der Waals surface area contributed by atoms with Gasteiger partial charge in [0.05, 0.1) is 29.8 Å². The van der Waals surface area contributed by atoms with Crippen molar-refractivity contribution in [1.29, 1.82) is 0 Å². The van der Waals surface area contributed by atoms with Crippen LogP contribution in [0.3, 0.4) is 0 Å². The number of nitrogens with one attached hydrogen (secondary N) is 1. The molecule has 1 fully saturated rings. The lowest BCUT2D eigenvalue weighted by Crippen LogP contribution is -2.38. The van der Waals surface area contributed by atoms with E-state index in [-0.39, 0.29) is 35.7 Å². The summed E-state index contributed by atoms with van der Waals surface area (Å²) >= 11 is 0. The van der Waals surface area contributed by atoms with Crippen molar-refractivity contribution in [3.8, 4) is 5.69 Å². The number of hydrogen-bond acceptors (Lipinski definition) is 6. The monoisotopic (exact) mass is 448 g/mol. The number of nitrogens with two attached hydrogens (primary N) is 1. The number of primary sulfonamides is 1. The molecule has 1 aliphatic rings. The van der Waals surface area contributed by atoms with Crippen molar-refractivity contribution >= 4 is 21.9 Å². The van der Waals surface area contributed by atoms with E-state index >= 15 is 0 Å². The van der Waals surface area contributed by atoms with Gasteiger partial charge in [0.25, 0.3) is 0 Å². The van der Waals surface area contributed by atoms with Crippen LogP contribution in [0.15, 0.2) is 29.2 Å². The summed E-state index contributed by atoms with van der Waals surface area (Å²) in [6.07, 6.45) is 3.00. The lowest BCUT2D eigenvalue weighted by Gasteiger charge is -2.17. The maximum Gasteiger partial charge on any atom is 0.307 e. The lowest BCUT2D eigenvalue weighted by atomic mass is 10.1. The first kappa shape index (κ1) is 23.0. The van der Waals surface area contributed by atoms with Gasteiger partial charge in [-0.1, -0.05) is 0 Å². The Morgan fingerprint density at radius 2 is 1.90 bits per heavy atom. The average molecular weight is 449 g/mol. The second-order valence-corrected chi connectivity index (χ2v) is 9.45. The van der Waals surface area contributed by atoms with Gasteiger partial charge in [0, 0.05) is 18.2 Å². The summed E-state index contributed by atoms with van der Waals surface area (Å²) in [5, 5.41) is 12.7. The van der Waals surface area contributed by atoms with Crippen LogP contribution in [-0.2, 0) is 30.8 Å². The molecular weight excluding hydrogens is 420 g/mol. The van der Waals surface area contributed by atoms with E-state index in [1.165, 1.54) is 19.2 Å². The maximum absolute atomic E-state index is 12.5. The van der Waals surface area contributed by atoms with E-state index in [9.17, 15) is 18.0 Å². The normalized spacial score (nSPS) is 14.8. The summed E-state index contributed by atoms with van der Waals surface area (Å²) in [5.74, 6) is -0.0851. The summed E-state index contributed by atoms with van der Waals surface area (Å²) in [7, 11) is -2.41. The number of hydrogen-bond donors (Lipinski definition) is 2. The van der Waals surface area contributed by atoms with Gasteiger partial charge in [0.1, 0.15) is 0 Å². The second kappa shape index (κ2) is 9.19. The SMILES string of the molecule is COC(=O)CC(NC(=O)CCc1c(C)nn(-c2ccc(S(N)(=O)=O)cc2)c1C)C1CC1. The third kappa shape index (κ3) is 5.71. The maximum atomic E-state index is 12.5. The highest BCUT2D eigenvalue weighted by atomic mass is 32.2. The fourth-order valence-electron chi connectivity index (χ4n) is 3.68. The number of aromatic nitrogens is 2. The van der Waals surface area contributed by atoms with Crippen LogP contribution in [0.5, 0.6) is 0 Å². The molecule has 1 unspecified atom stereocenters. The number of sulfonamides is 1. The van der Waals surface area contributed by atoms with E-state index in [0.29, 0.717) is 18.0 Å². The van der Waals surface area contributed by atoms with Gasteiger partial charge in [0.2, 0.25) is 15.9 Å². The minimum atomic E-state index is -3.76. The molecule has 1 aromatic carbocycles. The number of ether oxygens (including phenoxy) is 1. The zero-order valence-corrected chi connectivity index (χ0v) is 18.7. The molecule has 0 bridgehead atoms. The Balaban J connectivity index is 1.67. The molecule has 1 aliphatic carbocycles. The van der Waals surface area contributed by atoms with E-state index in [2.05, 4.69) is 10.4 Å². The van der Waals surface area contributed by atoms with Gasteiger partial charge >= 0.3 is 5.97 Å². The van der Waals surface area contributed by atoms with Crippen LogP contribution in [0.25, 0.3) is 5.69 Å². The number of benzene rings is 1. The summed E-state index contributed by atoms with van der Waals surface area (Å²) in [4.78, 5) is 24.1. The predicted octanol–water partition coefficient (Wildman–Crippen LogP) is 1.53. The first-order valence-corrected chi connectivity index (χ1v) is 11.7. The highest BCUT2D eigenvalue weighted by molar-refractivity contribution is 7.89. The van der Waals surface area contributed by atoms with Crippen LogP contribution in [0.4, 0.5) is 0 Å². The molecule has 1 saturated carbocycles. The Morgan fingerprint density at radius 3 is 2.45 bits per heavy atom. The molecule has 31 heavy (non-hydrogen) atoms. The predicted molar refractivity (Wildman–Crippen MR) is 114 cm³/mol. The quantitative estimate of drug-likeness (QED) is 0.559. The van der Waals surface area contributed by atoms with Crippen LogP contribution in [0.2, 0.25) is 0 Å². The molecule has 0 spiro atoms. The Bertz CT molecular complexity index is 1070.